The second-order valence-electron chi connectivity index (χ2n) is 8.60. The van der Waals surface area contributed by atoms with Crippen LogP contribution in [-0.2, 0) is 10.0 Å². The number of sulfonamides is 1. The molecule has 1 saturated heterocycles. The van der Waals surface area contributed by atoms with Crippen LogP contribution in [0.5, 0.6) is 0 Å². The van der Waals surface area contributed by atoms with E-state index >= 15 is 0 Å². The van der Waals surface area contributed by atoms with Crippen LogP contribution in [-0.4, -0.2) is 44.8 Å². The number of carbonyl (C=O) groups excluding carboxylic acids is 1. The molecule has 0 unspecified atom stereocenters. The molecule has 178 valence electrons. The van der Waals surface area contributed by atoms with Crippen molar-refractivity contribution in [2.45, 2.75) is 25.7 Å². The Morgan fingerprint density at radius 1 is 0.882 bits per heavy atom. The van der Waals surface area contributed by atoms with Crippen LogP contribution in [0.4, 0.5) is 15.8 Å². The Bertz CT molecular complexity index is 1300. The third kappa shape index (κ3) is 4.83. The van der Waals surface area contributed by atoms with E-state index in [0.717, 1.165) is 34.5 Å². The Morgan fingerprint density at radius 2 is 1.50 bits per heavy atom. The van der Waals surface area contributed by atoms with Crippen molar-refractivity contribution in [2.75, 3.05) is 36.4 Å². The minimum absolute atomic E-state index is 0.0930. The van der Waals surface area contributed by atoms with E-state index < -0.39 is 21.7 Å². The maximum atomic E-state index is 14.6. The summed E-state index contributed by atoms with van der Waals surface area (Å²) in [6.07, 6.45) is 0. The van der Waals surface area contributed by atoms with Crippen LogP contribution >= 0.6 is 0 Å². The van der Waals surface area contributed by atoms with Gasteiger partial charge in [0.05, 0.1) is 10.5 Å². The molecule has 0 radical (unpaired) electrons. The maximum absolute atomic E-state index is 14.6. The number of benzene rings is 3. The molecule has 3 aromatic carbocycles. The number of nitrogens with zero attached hydrogens (tertiary/aromatic N) is 2. The lowest BCUT2D eigenvalue weighted by Crippen LogP contribution is -2.48. The van der Waals surface area contributed by atoms with E-state index in [1.165, 1.54) is 10.4 Å². The van der Waals surface area contributed by atoms with Gasteiger partial charge in [-0.05, 0) is 62.2 Å². The summed E-state index contributed by atoms with van der Waals surface area (Å²) in [6.45, 7) is 7.38. The third-order valence-electron chi connectivity index (χ3n) is 6.10. The third-order valence-corrected chi connectivity index (χ3v) is 7.99. The SMILES string of the molecule is Cc1cc(C)c(NC(=O)c2cc(S(=O)(=O)N3CCN(c4ccccc4)CC3)ccc2F)c(C)c1. The number of para-hydroxylation sites is 1. The van der Waals surface area contributed by atoms with E-state index in [2.05, 4.69) is 10.2 Å². The van der Waals surface area contributed by atoms with Gasteiger partial charge in [0.1, 0.15) is 5.82 Å². The molecule has 34 heavy (non-hydrogen) atoms. The van der Waals surface area contributed by atoms with E-state index in [1.807, 2.05) is 63.2 Å². The fraction of sp³-hybridized carbons (Fsp3) is 0.269. The van der Waals surface area contributed by atoms with Crippen LogP contribution in [0.3, 0.4) is 0 Å². The largest absolute Gasteiger partial charge is 0.369 e. The topological polar surface area (TPSA) is 69.7 Å². The van der Waals surface area contributed by atoms with E-state index in [4.69, 9.17) is 0 Å². The van der Waals surface area contributed by atoms with Crippen LogP contribution in [0.1, 0.15) is 27.0 Å². The summed E-state index contributed by atoms with van der Waals surface area (Å²) in [6, 6.07) is 17.1. The molecule has 0 aliphatic carbocycles. The van der Waals surface area contributed by atoms with Gasteiger partial charge in [-0.1, -0.05) is 35.9 Å². The van der Waals surface area contributed by atoms with Gasteiger partial charge in [-0.3, -0.25) is 4.79 Å². The highest BCUT2D eigenvalue weighted by Gasteiger charge is 2.30. The molecule has 1 fully saturated rings. The van der Waals surface area contributed by atoms with Gasteiger partial charge in [0.25, 0.3) is 5.91 Å². The molecule has 0 saturated carbocycles. The summed E-state index contributed by atoms with van der Waals surface area (Å²) in [5, 5.41) is 2.75. The molecule has 0 spiro atoms. The van der Waals surface area contributed by atoms with Gasteiger partial charge in [-0.15, -0.1) is 0 Å². The lowest BCUT2D eigenvalue weighted by Gasteiger charge is -2.35. The molecule has 0 atom stereocenters. The smallest absolute Gasteiger partial charge is 0.258 e. The van der Waals surface area contributed by atoms with Crippen molar-refractivity contribution in [1.29, 1.82) is 0 Å². The van der Waals surface area contributed by atoms with Crippen LogP contribution in [0, 0.1) is 26.6 Å². The Morgan fingerprint density at radius 3 is 2.12 bits per heavy atom. The van der Waals surface area contributed by atoms with Gasteiger partial charge in [0.2, 0.25) is 10.0 Å². The van der Waals surface area contributed by atoms with Gasteiger partial charge in [0, 0.05) is 37.6 Å². The minimum atomic E-state index is -3.88. The van der Waals surface area contributed by atoms with Crippen LogP contribution in [0.2, 0.25) is 0 Å². The Labute approximate surface area is 200 Å². The summed E-state index contributed by atoms with van der Waals surface area (Å²) in [7, 11) is -3.88. The van der Waals surface area contributed by atoms with Crippen LogP contribution in [0.15, 0.2) is 65.6 Å². The second kappa shape index (κ2) is 9.56. The molecule has 0 aromatic heterocycles. The van der Waals surface area contributed by atoms with E-state index in [0.29, 0.717) is 31.9 Å². The fourth-order valence-corrected chi connectivity index (χ4v) is 5.82. The zero-order valence-corrected chi connectivity index (χ0v) is 20.3. The molecule has 3 aromatic rings. The average Bonchev–Trinajstić information content (AvgIpc) is 2.82. The molecular weight excluding hydrogens is 453 g/mol. The summed E-state index contributed by atoms with van der Waals surface area (Å²) in [4.78, 5) is 14.9. The second-order valence-corrected chi connectivity index (χ2v) is 10.5. The number of anilines is 2. The van der Waals surface area contributed by atoms with Crippen molar-refractivity contribution in [3.63, 3.8) is 0 Å². The molecule has 8 heteroatoms. The lowest BCUT2D eigenvalue weighted by atomic mass is 10.0. The zero-order valence-electron chi connectivity index (χ0n) is 19.5. The molecule has 1 heterocycles. The Hall–Kier alpha value is -3.23. The molecule has 0 bridgehead atoms. The number of hydrogen-bond donors (Lipinski definition) is 1. The first-order valence-corrected chi connectivity index (χ1v) is 12.6. The number of nitrogens with one attached hydrogen (secondary N) is 1. The predicted molar refractivity (Wildman–Crippen MR) is 132 cm³/mol. The van der Waals surface area contributed by atoms with Gasteiger partial charge in [-0.2, -0.15) is 4.31 Å². The summed E-state index contributed by atoms with van der Waals surface area (Å²) >= 11 is 0. The van der Waals surface area contributed by atoms with Crippen molar-refractivity contribution in [1.82, 2.24) is 4.31 Å². The van der Waals surface area contributed by atoms with Gasteiger partial charge >= 0.3 is 0 Å². The molecule has 1 aliphatic heterocycles. The number of hydrogen-bond acceptors (Lipinski definition) is 4. The monoisotopic (exact) mass is 481 g/mol. The first kappa shape index (κ1) is 23.9. The van der Waals surface area contributed by atoms with Crippen LogP contribution < -0.4 is 10.2 Å². The van der Waals surface area contributed by atoms with E-state index in [1.54, 1.807) is 0 Å². The Balaban J connectivity index is 1.54. The number of halogens is 1. The number of rotatable bonds is 5. The zero-order chi connectivity index (χ0) is 24.5. The minimum Gasteiger partial charge on any atom is -0.369 e. The molecule has 6 nitrogen and oxygen atoms in total. The van der Waals surface area contributed by atoms with Crippen molar-refractivity contribution in [3.8, 4) is 0 Å². The first-order chi connectivity index (χ1) is 16.2. The van der Waals surface area contributed by atoms with E-state index in [-0.39, 0.29) is 10.5 Å². The molecule has 1 amide bonds. The van der Waals surface area contributed by atoms with Gasteiger partial charge < -0.3 is 10.2 Å². The normalized spacial score (nSPS) is 14.8. The van der Waals surface area contributed by atoms with Crippen molar-refractivity contribution in [2.24, 2.45) is 0 Å². The molecule has 4 rings (SSSR count). The van der Waals surface area contributed by atoms with Gasteiger partial charge in [0.15, 0.2) is 0 Å². The van der Waals surface area contributed by atoms with Crippen LogP contribution in [0.25, 0.3) is 0 Å². The highest BCUT2D eigenvalue weighted by Crippen LogP contribution is 2.26. The molecule has 1 N–H and O–H groups in total. The standard InChI is InChI=1S/C26H28FN3O3S/c1-18-15-19(2)25(20(3)16-18)28-26(31)23-17-22(9-10-24(23)27)34(32,33)30-13-11-29(12-14-30)21-7-5-4-6-8-21/h4-10,15-17H,11-14H2,1-3H3,(H,28,31). The Kier molecular flexibility index (Phi) is 6.72. The summed E-state index contributed by atoms with van der Waals surface area (Å²) in [5.74, 6) is -1.45. The van der Waals surface area contributed by atoms with Crippen molar-refractivity contribution >= 4 is 27.3 Å². The fourth-order valence-electron chi connectivity index (χ4n) is 4.37. The highest BCUT2D eigenvalue weighted by atomic mass is 32.2. The average molecular weight is 482 g/mol. The quantitative estimate of drug-likeness (QED) is 0.582. The highest BCUT2D eigenvalue weighted by molar-refractivity contribution is 7.89. The maximum Gasteiger partial charge on any atom is 0.258 e. The van der Waals surface area contributed by atoms with Crippen molar-refractivity contribution < 1.29 is 17.6 Å². The number of amides is 1. The number of carbonyl (C=O) groups is 1. The molecular formula is C26H28FN3O3S. The number of piperazine rings is 1. The van der Waals surface area contributed by atoms with Gasteiger partial charge in [-0.25, -0.2) is 12.8 Å². The number of aryl methyl sites for hydroxylation is 3. The van der Waals surface area contributed by atoms with E-state index in [9.17, 15) is 17.6 Å². The summed E-state index contributed by atoms with van der Waals surface area (Å²) in [5.41, 5.74) is 4.10. The first-order valence-electron chi connectivity index (χ1n) is 11.2. The van der Waals surface area contributed by atoms with Crippen molar-refractivity contribution in [3.05, 3.63) is 88.7 Å². The lowest BCUT2D eigenvalue weighted by molar-refractivity contribution is 0.102. The summed E-state index contributed by atoms with van der Waals surface area (Å²) < 4.78 is 42.5. The molecule has 1 aliphatic rings. The predicted octanol–water partition coefficient (Wildman–Crippen LogP) is 4.51.